The maximum atomic E-state index is 13.5. The number of nitrogens with two attached hydrogens (primary N) is 1. The second kappa shape index (κ2) is 5.08. The zero-order valence-corrected chi connectivity index (χ0v) is 10.6. The third kappa shape index (κ3) is 2.54. The number of hydrogen-bond donors (Lipinski definition) is 2. The van der Waals surface area contributed by atoms with Crippen molar-refractivity contribution in [1.82, 2.24) is 4.98 Å². The van der Waals surface area contributed by atoms with Crippen molar-refractivity contribution in [2.45, 2.75) is 39.0 Å². The lowest BCUT2D eigenvalue weighted by atomic mass is 9.83. The molecule has 1 aromatic heterocycles. The number of nitrogens with zero attached hydrogens (tertiary/aromatic N) is 1. The first-order valence-electron chi connectivity index (χ1n) is 6.42. The topological polar surface area (TPSA) is 50.9 Å². The fraction of sp³-hybridized carbons (Fsp3) is 0.615. The molecule has 3 N–H and O–H groups in total. The second-order valence-corrected chi connectivity index (χ2v) is 5.10. The molecule has 0 amide bonds. The van der Waals surface area contributed by atoms with Crippen LogP contribution in [-0.4, -0.2) is 11.5 Å². The van der Waals surface area contributed by atoms with E-state index < -0.39 is 11.6 Å². The molecule has 0 unspecified atom stereocenters. The first kappa shape index (κ1) is 13.1. The Morgan fingerprint density at radius 3 is 2.61 bits per heavy atom. The number of aromatic nitrogens is 1. The predicted molar refractivity (Wildman–Crippen MR) is 68.2 cm³/mol. The second-order valence-electron chi connectivity index (χ2n) is 5.10. The van der Waals surface area contributed by atoms with Gasteiger partial charge in [0.15, 0.2) is 23.3 Å². The first-order chi connectivity index (χ1) is 8.56. The fourth-order valence-electron chi connectivity index (χ4n) is 2.66. The van der Waals surface area contributed by atoms with Crippen molar-refractivity contribution in [3.8, 4) is 0 Å². The lowest BCUT2D eigenvalue weighted by Crippen LogP contribution is -2.26. The average molecular weight is 255 g/mol. The van der Waals surface area contributed by atoms with E-state index in [0.717, 1.165) is 25.3 Å². The molecule has 1 heterocycles. The van der Waals surface area contributed by atoms with Gasteiger partial charge in [-0.3, -0.25) is 0 Å². The number of hydrogen-bond acceptors (Lipinski definition) is 3. The highest BCUT2D eigenvalue weighted by atomic mass is 19.1. The fourth-order valence-corrected chi connectivity index (χ4v) is 2.66. The van der Waals surface area contributed by atoms with E-state index in [2.05, 4.69) is 17.2 Å². The van der Waals surface area contributed by atoms with Crippen molar-refractivity contribution in [3.05, 3.63) is 17.7 Å². The van der Waals surface area contributed by atoms with Crippen LogP contribution in [0.3, 0.4) is 0 Å². The highest BCUT2D eigenvalue weighted by molar-refractivity contribution is 5.45. The van der Waals surface area contributed by atoms with Crippen molar-refractivity contribution in [2.75, 3.05) is 17.6 Å². The standard InChI is InChI=1S/C13H19F2N3/c1-2-13(5-3-4-6-13)8-17-12-10(15)7-9(14)11(16)18-12/h7H,2-6,8H2,1H3,(H3,16,17,18). The van der Waals surface area contributed by atoms with Crippen molar-refractivity contribution >= 4 is 11.6 Å². The van der Waals surface area contributed by atoms with Gasteiger partial charge in [0, 0.05) is 12.6 Å². The van der Waals surface area contributed by atoms with Crippen molar-refractivity contribution in [3.63, 3.8) is 0 Å². The summed E-state index contributed by atoms with van der Waals surface area (Å²) < 4.78 is 26.5. The van der Waals surface area contributed by atoms with Gasteiger partial charge in [0.2, 0.25) is 0 Å². The molecule has 0 atom stereocenters. The van der Waals surface area contributed by atoms with Crippen LogP contribution in [-0.2, 0) is 0 Å². The monoisotopic (exact) mass is 255 g/mol. The van der Waals surface area contributed by atoms with E-state index >= 15 is 0 Å². The Balaban J connectivity index is 2.08. The van der Waals surface area contributed by atoms with Gasteiger partial charge in [0.05, 0.1) is 0 Å². The summed E-state index contributed by atoms with van der Waals surface area (Å²) in [6, 6.07) is 0.776. The summed E-state index contributed by atoms with van der Waals surface area (Å²) in [6.07, 6.45) is 5.79. The van der Waals surface area contributed by atoms with Crippen LogP contribution in [0.4, 0.5) is 20.4 Å². The van der Waals surface area contributed by atoms with Crippen LogP contribution >= 0.6 is 0 Å². The summed E-state index contributed by atoms with van der Waals surface area (Å²) in [4.78, 5) is 3.72. The molecule has 1 saturated carbocycles. The molecule has 1 fully saturated rings. The van der Waals surface area contributed by atoms with Crippen LogP contribution in [0, 0.1) is 17.0 Å². The molecular weight excluding hydrogens is 236 g/mol. The quantitative estimate of drug-likeness (QED) is 0.867. The van der Waals surface area contributed by atoms with Crippen LogP contribution in [0.1, 0.15) is 39.0 Å². The maximum Gasteiger partial charge on any atom is 0.168 e. The van der Waals surface area contributed by atoms with Crippen LogP contribution in [0.2, 0.25) is 0 Å². The van der Waals surface area contributed by atoms with E-state index in [4.69, 9.17) is 5.73 Å². The summed E-state index contributed by atoms with van der Waals surface area (Å²) in [7, 11) is 0. The molecule has 1 aromatic rings. The number of nitrogens with one attached hydrogen (secondary N) is 1. The minimum absolute atomic E-state index is 0.0497. The Labute approximate surface area is 106 Å². The van der Waals surface area contributed by atoms with Gasteiger partial charge in [-0.2, -0.15) is 0 Å². The van der Waals surface area contributed by atoms with Gasteiger partial charge in [-0.1, -0.05) is 19.8 Å². The molecule has 0 aromatic carbocycles. The molecule has 5 heteroatoms. The van der Waals surface area contributed by atoms with Crippen molar-refractivity contribution in [1.29, 1.82) is 0 Å². The van der Waals surface area contributed by atoms with Gasteiger partial charge >= 0.3 is 0 Å². The van der Waals surface area contributed by atoms with Gasteiger partial charge in [0.25, 0.3) is 0 Å². The Hall–Kier alpha value is -1.39. The molecule has 0 aliphatic heterocycles. The smallest absolute Gasteiger partial charge is 0.168 e. The first-order valence-corrected chi connectivity index (χ1v) is 6.42. The number of nitrogen functional groups attached to an aromatic ring is 1. The van der Waals surface area contributed by atoms with E-state index in [1.165, 1.54) is 12.8 Å². The highest BCUT2D eigenvalue weighted by Gasteiger charge is 2.32. The third-order valence-corrected chi connectivity index (χ3v) is 4.00. The minimum Gasteiger partial charge on any atom is -0.381 e. The van der Waals surface area contributed by atoms with Gasteiger partial charge in [-0.25, -0.2) is 13.8 Å². The molecule has 100 valence electrons. The number of halogens is 2. The number of anilines is 2. The molecule has 0 bridgehead atoms. The highest BCUT2D eigenvalue weighted by Crippen LogP contribution is 2.41. The van der Waals surface area contributed by atoms with E-state index in [1.54, 1.807) is 0 Å². The summed E-state index contributed by atoms with van der Waals surface area (Å²) in [5.41, 5.74) is 5.57. The Bertz CT molecular complexity index is 428. The molecular formula is C13H19F2N3. The van der Waals surface area contributed by atoms with E-state index in [9.17, 15) is 8.78 Å². The van der Waals surface area contributed by atoms with Gasteiger partial charge < -0.3 is 11.1 Å². The summed E-state index contributed by atoms with van der Waals surface area (Å²) in [5, 5.41) is 2.98. The van der Waals surface area contributed by atoms with Gasteiger partial charge in [-0.15, -0.1) is 0 Å². The van der Waals surface area contributed by atoms with Crippen LogP contribution in [0.15, 0.2) is 6.07 Å². The molecule has 1 aliphatic carbocycles. The summed E-state index contributed by atoms with van der Waals surface area (Å²) in [5.74, 6) is -1.72. The third-order valence-electron chi connectivity index (χ3n) is 4.00. The minimum atomic E-state index is -0.816. The van der Waals surface area contributed by atoms with Crippen molar-refractivity contribution < 1.29 is 8.78 Å². The lowest BCUT2D eigenvalue weighted by molar-refractivity contribution is 0.306. The number of pyridine rings is 1. The average Bonchev–Trinajstić information content (AvgIpc) is 2.82. The molecule has 0 spiro atoms. The van der Waals surface area contributed by atoms with E-state index in [0.29, 0.717) is 6.54 Å². The number of rotatable bonds is 4. The largest absolute Gasteiger partial charge is 0.381 e. The summed E-state index contributed by atoms with van der Waals surface area (Å²) in [6.45, 7) is 2.81. The normalized spacial score (nSPS) is 17.9. The van der Waals surface area contributed by atoms with Gasteiger partial charge in [-0.05, 0) is 24.7 Å². The van der Waals surface area contributed by atoms with Crippen LogP contribution in [0.25, 0.3) is 0 Å². The molecule has 1 aliphatic rings. The molecule has 0 saturated heterocycles. The summed E-state index contributed by atoms with van der Waals surface area (Å²) >= 11 is 0. The SMILES string of the molecule is CCC1(CNc2nc(N)c(F)cc2F)CCCC1. The molecule has 2 rings (SSSR count). The molecule has 18 heavy (non-hydrogen) atoms. The predicted octanol–water partition coefficient (Wildman–Crippen LogP) is 3.32. The van der Waals surface area contributed by atoms with Crippen LogP contribution < -0.4 is 11.1 Å². The zero-order valence-electron chi connectivity index (χ0n) is 10.6. The molecule has 0 radical (unpaired) electrons. The molecule has 3 nitrogen and oxygen atoms in total. The maximum absolute atomic E-state index is 13.5. The van der Waals surface area contributed by atoms with Crippen molar-refractivity contribution in [2.24, 2.45) is 5.41 Å². The van der Waals surface area contributed by atoms with Crippen LogP contribution in [0.5, 0.6) is 0 Å². The Morgan fingerprint density at radius 1 is 1.33 bits per heavy atom. The van der Waals surface area contributed by atoms with E-state index in [1.807, 2.05) is 0 Å². The zero-order chi connectivity index (χ0) is 13.2. The van der Waals surface area contributed by atoms with E-state index in [-0.39, 0.29) is 17.1 Å². The Kier molecular flexibility index (Phi) is 3.68. The lowest BCUT2D eigenvalue weighted by Gasteiger charge is -2.28. The Morgan fingerprint density at radius 2 is 2.00 bits per heavy atom. The van der Waals surface area contributed by atoms with Gasteiger partial charge in [0.1, 0.15) is 0 Å².